The van der Waals surface area contributed by atoms with Crippen LogP contribution in [0.3, 0.4) is 0 Å². The fourth-order valence-electron chi connectivity index (χ4n) is 3.80. The van der Waals surface area contributed by atoms with E-state index in [4.69, 9.17) is 0 Å². The van der Waals surface area contributed by atoms with Crippen LogP contribution in [0.25, 0.3) is 0 Å². The minimum atomic E-state index is -0.818. The highest BCUT2D eigenvalue weighted by Crippen LogP contribution is 2.25. The summed E-state index contributed by atoms with van der Waals surface area (Å²) in [6.45, 7) is 4.00. The number of hydrogen-bond donors (Lipinski definition) is 1. The molecular formula is C23H27FN2O2S. The number of nitrogens with zero attached hydrogens (tertiary/aromatic N) is 1. The van der Waals surface area contributed by atoms with Crippen molar-refractivity contribution in [2.45, 2.75) is 50.6 Å². The van der Waals surface area contributed by atoms with Crippen molar-refractivity contribution in [3.63, 3.8) is 0 Å². The van der Waals surface area contributed by atoms with Crippen LogP contribution in [0.1, 0.15) is 49.3 Å². The molecule has 6 heteroatoms. The van der Waals surface area contributed by atoms with Gasteiger partial charge in [-0.05, 0) is 52.9 Å². The molecule has 0 saturated heterocycles. The van der Waals surface area contributed by atoms with Crippen LogP contribution in [0.2, 0.25) is 0 Å². The molecule has 0 spiro atoms. The van der Waals surface area contributed by atoms with Gasteiger partial charge in [-0.25, -0.2) is 4.39 Å². The van der Waals surface area contributed by atoms with Gasteiger partial charge >= 0.3 is 0 Å². The minimum Gasteiger partial charge on any atom is -0.351 e. The lowest BCUT2D eigenvalue weighted by molar-refractivity contribution is -0.140. The zero-order valence-corrected chi connectivity index (χ0v) is 17.3. The van der Waals surface area contributed by atoms with E-state index < -0.39 is 6.04 Å². The topological polar surface area (TPSA) is 49.4 Å². The Morgan fingerprint density at radius 3 is 2.55 bits per heavy atom. The maximum absolute atomic E-state index is 13.5. The average molecular weight is 415 g/mol. The van der Waals surface area contributed by atoms with Crippen molar-refractivity contribution in [3.05, 3.63) is 70.7 Å². The molecule has 0 radical (unpaired) electrons. The van der Waals surface area contributed by atoms with Crippen LogP contribution in [0.5, 0.6) is 0 Å². The first kappa shape index (κ1) is 21.2. The SMILES string of the molecule is C=CCN(C(=O)Cc1ccsc1)[C@H](C(=O)NC1CCCCC1)c1ccc(F)cc1. The van der Waals surface area contributed by atoms with Crippen molar-refractivity contribution in [2.24, 2.45) is 0 Å². The fourth-order valence-corrected chi connectivity index (χ4v) is 4.47. The van der Waals surface area contributed by atoms with E-state index >= 15 is 0 Å². The third kappa shape index (κ3) is 5.76. The lowest BCUT2D eigenvalue weighted by Gasteiger charge is -2.33. The van der Waals surface area contributed by atoms with E-state index in [-0.39, 0.29) is 36.6 Å². The molecule has 1 aliphatic carbocycles. The van der Waals surface area contributed by atoms with Crippen LogP contribution in [-0.2, 0) is 16.0 Å². The lowest BCUT2D eigenvalue weighted by Crippen LogP contribution is -2.47. The van der Waals surface area contributed by atoms with Gasteiger partial charge in [-0.2, -0.15) is 11.3 Å². The zero-order valence-electron chi connectivity index (χ0n) is 16.5. The predicted octanol–water partition coefficient (Wildman–Crippen LogP) is 4.63. The summed E-state index contributed by atoms with van der Waals surface area (Å²) in [4.78, 5) is 27.9. The minimum absolute atomic E-state index is 0.122. The highest BCUT2D eigenvalue weighted by atomic mass is 32.1. The van der Waals surface area contributed by atoms with Crippen molar-refractivity contribution in [1.29, 1.82) is 0 Å². The number of halogens is 1. The Balaban J connectivity index is 1.87. The Hall–Kier alpha value is -2.47. The van der Waals surface area contributed by atoms with Gasteiger partial charge in [0.25, 0.3) is 0 Å². The van der Waals surface area contributed by atoms with Crippen molar-refractivity contribution in [1.82, 2.24) is 10.2 Å². The van der Waals surface area contributed by atoms with Crippen molar-refractivity contribution in [3.8, 4) is 0 Å². The number of amides is 2. The molecule has 154 valence electrons. The predicted molar refractivity (Wildman–Crippen MR) is 114 cm³/mol. The third-order valence-electron chi connectivity index (χ3n) is 5.28. The van der Waals surface area contributed by atoms with E-state index in [1.54, 1.807) is 18.2 Å². The lowest BCUT2D eigenvalue weighted by atomic mass is 9.94. The Kier molecular flexibility index (Phi) is 7.58. The summed E-state index contributed by atoms with van der Waals surface area (Å²) in [5.74, 6) is -0.750. The van der Waals surface area contributed by atoms with E-state index in [0.717, 1.165) is 31.2 Å². The van der Waals surface area contributed by atoms with Gasteiger partial charge in [0.15, 0.2) is 0 Å². The van der Waals surface area contributed by atoms with E-state index in [1.807, 2.05) is 16.8 Å². The second-order valence-corrected chi connectivity index (χ2v) is 8.22. The Labute approximate surface area is 175 Å². The van der Waals surface area contributed by atoms with E-state index in [0.29, 0.717) is 5.56 Å². The summed E-state index contributed by atoms with van der Waals surface area (Å²) in [6, 6.07) is 7.02. The molecule has 1 atom stereocenters. The van der Waals surface area contributed by atoms with Crippen LogP contribution < -0.4 is 5.32 Å². The molecule has 2 amide bonds. The highest BCUT2D eigenvalue weighted by molar-refractivity contribution is 7.08. The summed E-state index contributed by atoms with van der Waals surface area (Å²) in [6.07, 6.45) is 7.12. The summed E-state index contributed by atoms with van der Waals surface area (Å²) in [5, 5.41) is 6.98. The van der Waals surface area contributed by atoms with Gasteiger partial charge in [0.1, 0.15) is 11.9 Å². The molecule has 0 unspecified atom stereocenters. The quantitative estimate of drug-likeness (QED) is 0.640. The van der Waals surface area contributed by atoms with Gasteiger partial charge in [0.2, 0.25) is 11.8 Å². The maximum Gasteiger partial charge on any atom is 0.247 e. The first-order valence-corrected chi connectivity index (χ1v) is 11.0. The molecule has 1 aliphatic rings. The van der Waals surface area contributed by atoms with E-state index in [9.17, 15) is 14.0 Å². The first-order valence-electron chi connectivity index (χ1n) is 10.1. The molecule has 0 bridgehead atoms. The summed E-state index contributed by atoms with van der Waals surface area (Å²) in [7, 11) is 0. The average Bonchev–Trinajstić information content (AvgIpc) is 3.22. The molecule has 1 aromatic heterocycles. The molecule has 29 heavy (non-hydrogen) atoms. The van der Waals surface area contributed by atoms with Gasteiger partial charge in [-0.1, -0.05) is 37.5 Å². The normalized spacial score (nSPS) is 15.5. The number of rotatable bonds is 8. The van der Waals surface area contributed by atoms with Crippen LogP contribution >= 0.6 is 11.3 Å². The largest absolute Gasteiger partial charge is 0.351 e. The maximum atomic E-state index is 13.5. The Bertz CT molecular complexity index is 814. The first-order chi connectivity index (χ1) is 14.1. The zero-order chi connectivity index (χ0) is 20.6. The number of carbonyl (C=O) groups is 2. The number of nitrogens with one attached hydrogen (secondary N) is 1. The monoisotopic (exact) mass is 414 g/mol. The molecule has 1 N–H and O–H groups in total. The van der Waals surface area contributed by atoms with Crippen LogP contribution in [-0.4, -0.2) is 29.3 Å². The molecule has 1 heterocycles. The molecule has 0 aliphatic heterocycles. The van der Waals surface area contributed by atoms with Crippen molar-refractivity contribution >= 4 is 23.2 Å². The highest BCUT2D eigenvalue weighted by Gasteiger charge is 2.32. The van der Waals surface area contributed by atoms with Gasteiger partial charge in [0, 0.05) is 12.6 Å². The van der Waals surface area contributed by atoms with Gasteiger partial charge in [-0.15, -0.1) is 6.58 Å². The molecule has 1 fully saturated rings. The summed E-state index contributed by atoms with van der Waals surface area (Å²) in [5.41, 5.74) is 1.51. The third-order valence-corrected chi connectivity index (χ3v) is 6.01. The number of carbonyl (C=O) groups excluding carboxylic acids is 2. The summed E-state index contributed by atoms with van der Waals surface area (Å²) >= 11 is 1.53. The Morgan fingerprint density at radius 1 is 1.21 bits per heavy atom. The van der Waals surface area contributed by atoms with Gasteiger partial charge in [-0.3, -0.25) is 9.59 Å². The van der Waals surface area contributed by atoms with Crippen LogP contribution in [0.4, 0.5) is 4.39 Å². The smallest absolute Gasteiger partial charge is 0.247 e. The van der Waals surface area contributed by atoms with Gasteiger partial charge < -0.3 is 10.2 Å². The second kappa shape index (κ2) is 10.3. The fraction of sp³-hybridized carbons (Fsp3) is 0.391. The molecule has 1 saturated carbocycles. The molecule has 1 aromatic carbocycles. The molecule has 2 aromatic rings. The standard InChI is InChI=1S/C23H27FN2O2S/c1-2-13-26(21(27)15-17-12-14-29-16-17)22(18-8-10-19(24)11-9-18)23(28)25-20-6-4-3-5-7-20/h2,8-12,14,16,20,22H,1,3-7,13,15H2,(H,25,28)/t22-/m0/s1. The van der Waals surface area contributed by atoms with E-state index in [1.165, 1.54) is 34.8 Å². The number of benzene rings is 1. The second-order valence-electron chi connectivity index (χ2n) is 7.44. The summed E-state index contributed by atoms with van der Waals surface area (Å²) < 4.78 is 13.5. The molecule has 4 nitrogen and oxygen atoms in total. The van der Waals surface area contributed by atoms with Crippen LogP contribution in [0.15, 0.2) is 53.7 Å². The van der Waals surface area contributed by atoms with Crippen molar-refractivity contribution in [2.75, 3.05) is 6.54 Å². The Morgan fingerprint density at radius 2 is 1.93 bits per heavy atom. The molecule has 3 rings (SSSR count). The van der Waals surface area contributed by atoms with Gasteiger partial charge in [0.05, 0.1) is 6.42 Å². The number of hydrogen-bond acceptors (Lipinski definition) is 3. The number of thiophene rings is 1. The van der Waals surface area contributed by atoms with Crippen LogP contribution in [0, 0.1) is 5.82 Å². The van der Waals surface area contributed by atoms with E-state index in [2.05, 4.69) is 11.9 Å². The van der Waals surface area contributed by atoms with Crippen molar-refractivity contribution < 1.29 is 14.0 Å². The molecular weight excluding hydrogens is 387 g/mol.